The van der Waals surface area contributed by atoms with Crippen molar-refractivity contribution >= 4 is 109 Å². The van der Waals surface area contributed by atoms with E-state index in [0.717, 1.165) is 0 Å². The Morgan fingerprint density at radius 2 is 0.911 bits per heavy atom. The van der Waals surface area contributed by atoms with E-state index in [-0.39, 0.29) is 10.8 Å². The number of hydrogen-bond donors (Lipinski definition) is 0. The Hall–Kier alpha value is -1.26. The van der Waals surface area contributed by atoms with Gasteiger partial charge in [0.05, 0.1) is 0 Å². The van der Waals surface area contributed by atoms with Gasteiger partial charge in [0.2, 0.25) is 0 Å². The first-order chi connectivity index (χ1) is 21.1. The van der Waals surface area contributed by atoms with E-state index in [1.165, 1.54) is 75.2 Å². The van der Waals surface area contributed by atoms with E-state index < -0.39 is 18.4 Å². The van der Waals surface area contributed by atoms with Crippen LogP contribution in [0.2, 0.25) is 14.8 Å². The molecule has 0 saturated carbocycles. The van der Waals surface area contributed by atoms with Crippen LogP contribution in [0, 0.1) is 6.92 Å². The Balaban J connectivity index is 1.58. The standard InChI is InChI=1S/C35H31S6.3CH3.Sn/c1-19-10-11-23(37-19)27-18-21-31(25-13-15-29(39-25)35(5,6)7)32-20(17-26(40-32)22-9-8-16-36-22)30(33(21)41-27)24-12-14-28(38-24)34(2,3)4;;;;/h8-15,17-18H,1-7H3;3*1H3;. The minimum absolute atomic E-state index is 0.128. The summed E-state index contributed by atoms with van der Waals surface area (Å²) in [5.74, 6) is 0. The molecule has 0 nitrogen and oxygen atoms in total. The average Bonchev–Trinajstić information content (AvgIpc) is 3.77. The molecular formula is C38H40S6Sn. The molecule has 0 aliphatic carbocycles. The number of rotatable bonds is 5. The van der Waals surface area contributed by atoms with Crippen LogP contribution in [-0.4, -0.2) is 18.4 Å². The van der Waals surface area contributed by atoms with Crippen LogP contribution < -0.4 is 2.89 Å². The first-order valence-electron chi connectivity index (χ1n) is 15.5. The molecule has 0 bridgehead atoms. The van der Waals surface area contributed by atoms with E-state index in [1.807, 2.05) is 68.0 Å². The van der Waals surface area contributed by atoms with Gasteiger partial charge >= 0.3 is 281 Å². The van der Waals surface area contributed by atoms with Gasteiger partial charge in [0, 0.05) is 4.88 Å². The van der Waals surface area contributed by atoms with Crippen molar-refractivity contribution in [2.45, 2.75) is 74.1 Å². The molecule has 7 aromatic rings. The summed E-state index contributed by atoms with van der Waals surface area (Å²) in [6, 6.07) is 24.0. The summed E-state index contributed by atoms with van der Waals surface area (Å²) >= 11 is 9.76. The second kappa shape index (κ2) is 11.4. The van der Waals surface area contributed by atoms with Crippen molar-refractivity contribution in [3.8, 4) is 40.4 Å². The fourth-order valence-electron chi connectivity index (χ4n) is 5.69. The molecule has 0 atom stereocenters. The van der Waals surface area contributed by atoms with E-state index in [1.54, 1.807) is 2.89 Å². The first-order valence-corrected chi connectivity index (χ1v) is 30.4. The summed E-state index contributed by atoms with van der Waals surface area (Å²) < 4.78 is 4.50. The molecule has 0 amide bonds. The third kappa shape index (κ3) is 6.00. The van der Waals surface area contributed by atoms with Crippen LogP contribution in [0.3, 0.4) is 0 Å². The summed E-state index contributed by atoms with van der Waals surface area (Å²) in [6.07, 6.45) is 0. The molecule has 0 aliphatic heterocycles. The van der Waals surface area contributed by atoms with Crippen molar-refractivity contribution in [1.29, 1.82) is 0 Å². The second-order valence-electron chi connectivity index (χ2n) is 15.1. The van der Waals surface area contributed by atoms with Crippen LogP contribution in [0.4, 0.5) is 0 Å². The fraction of sp³-hybridized carbons (Fsp3) is 0.316. The molecule has 0 aliphatic rings. The third-order valence-electron chi connectivity index (χ3n) is 8.21. The maximum absolute atomic E-state index is 2.54. The fourth-order valence-corrected chi connectivity index (χ4v) is 17.9. The Bertz CT molecular complexity index is 2070. The molecule has 0 unspecified atom stereocenters. The molecule has 232 valence electrons. The molecule has 45 heavy (non-hydrogen) atoms. The van der Waals surface area contributed by atoms with Gasteiger partial charge in [-0.2, -0.15) is 0 Å². The molecule has 7 heteroatoms. The maximum atomic E-state index is 2.54. The van der Waals surface area contributed by atoms with Crippen molar-refractivity contribution in [3.63, 3.8) is 0 Å². The van der Waals surface area contributed by atoms with Crippen molar-refractivity contribution < 1.29 is 0 Å². The third-order valence-corrected chi connectivity index (χ3v) is 25.5. The van der Waals surface area contributed by atoms with Crippen LogP contribution in [0.15, 0.2) is 60.7 Å². The SMILES string of the molecule is Cc1ccc(-c2cc3c(-c4ccc(C(C)(C)C)s4)c4sc(-c5cc[c]([Sn]([CH3])([CH3])[CH3])s5)cc4c(-c4ccc(C(C)(C)C)s4)c3s2)s1. The van der Waals surface area contributed by atoms with Gasteiger partial charge in [0.25, 0.3) is 0 Å². The summed E-state index contributed by atoms with van der Waals surface area (Å²) in [7, 11) is 0. The van der Waals surface area contributed by atoms with E-state index >= 15 is 0 Å². The molecule has 0 saturated heterocycles. The van der Waals surface area contributed by atoms with Crippen LogP contribution >= 0.6 is 68.0 Å². The normalized spacial score (nSPS) is 13.1. The van der Waals surface area contributed by atoms with Gasteiger partial charge in [0.15, 0.2) is 0 Å². The molecule has 7 rings (SSSR count). The molecular weight excluding hydrogens is 768 g/mol. The van der Waals surface area contributed by atoms with Gasteiger partial charge < -0.3 is 0 Å². The summed E-state index contributed by atoms with van der Waals surface area (Å²) in [4.78, 5) is 20.2. The van der Waals surface area contributed by atoms with Crippen molar-refractivity contribution in [1.82, 2.24) is 0 Å². The van der Waals surface area contributed by atoms with Crippen molar-refractivity contribution in [3.05, 3.63) is 75.3 Å². The zero-order valence-electron chi connectivity index (χ0n) is 27.7. The molecule has 1 aromatic carbocycles. The molecule has 6 aromatic heterocycles. The Labute approximate surface area is 296 Å². The first kappa shape index (κ1) is 32.3. The van der Waals surface area contributed by atoms with E-state index in [9.17, 15) is 0 Å². The number of thiophene rings is 6. The average molecular weight is 808 g/mol. The minimum atomic E-state index is -2.16. The number of benzene rings is 1. The molecule has 0 N–H and O–H groups in total. The summed E-state index contributed by atoms with van der Waals surface area (Å²) in [6.45, 7) is 16.2. The van der Waals surface area contributed by atoms with E-state index in [0.29, 0.717) is 0 Å². The van der Waals surface area contributed by atoms with Gasteiger partial charge in [-0.1, -0.05) is 0 Å². The molecule has 6 heterocycles. The van der Waals surface area contributed by atoms with Gasteiger partial charge in [0.1, 0.15) is 0 Å². The van der Waals surface area contributed by atoms with Crippen molar-refractivity contribution in [2.75, 3.05) is 0 Å². The molecule has 0 radical (unpaired) electrons. The second-order valence-corrected chi connectivity index (χ2v) is 37.2. The predicted molar refractivity (Wildman–Crippen MR) is 216 cm³/mol. The molecule has 0 fully saturated rings. The van der Waals surface area contributed by atoms with Crippen LogP contribution in [0.25, 0.3) is 60.6 Å². The molecule has 0 spiro atoms. The number of hydrogen-bond acceptors (Lipinski definition) is 6. The Kier molecular flexibility index (Phi) is 8.20. The summed E-state index contributed by atoms with van der Waals surface area (Å²) in [5, 5.41) is 2.82. The topological polar surface area (TPSA) is 0 Å². The number of aryl methyl sites for hydroxylation is 1. The van der Waals surface area contributed by atoms with Crippen LogP contribution in [0.1, 0.15) is 56.2 Å². The van der Waals surface area contributed by atoms with Gasteiger partial charge in [-0.15, -0.1) is 0 Å². The van der Waals surface area contributed by atoms with Gasteiger partial charge in [-0.3, -0.25) is 0 Å². The summed E-state index contributed by atoms with van der Waals surface area (Å²) in [5.41, 5.74) is 3.11. The van der Waals surface area contributed by atoms with E-state index in [4.69, 9.17) is 0 Å². The van der Waals surface area contributed by atoms with E-state index in [2.05, 4.69) is 124 Å². The predicted octanol–water partition coefficient (Wildman–Crippen LogP) is 14.5. The van der Waals surface area contributed by atoms with Crippen molar-refractivity contribution in [2.24, 2.45) is 0 Å². The number of fused-ring (bicyclic) bond motifs is 2. The quantitative estimate of drug-likeness (QED) is 0.152. The monoisotopic (exact) mass is 808 g/mol. The zero-order valence-corrected chi connectivity index (χ0v) is 35.5. The zero-order chi connectivity index (χ0) is 32.1. The Morgan fingerprint density at radius 3 is 1.29 bits per heavy atom. The van der Waals surface area contributed by atoms with Gasteiger partial charge in [-0.25, -0.2) is 0 Å². The van der Waals surface area contributed by atoms with Crippen LogP contribution in [-0.2, 0) is 10.8 Å². The van der Waals surface area contributed by atoms with Gasteiger partial charge in [-0.05, 0) is 13.0 Å². The van der Waals surface area contributed by atoms with Crippen LogP contribution in [0.5, 0.6) is 0 Å². The Morgan fingerprint density at radius 1 is 0.467 bits per heavy atom.